The van der Waals surface area contributed by atoms with Crippen LogP contribution in [0.4, 0.5) is 0 Å². The fourth-order valence-corrected chi connectivity index (χ4v) is 3.71. The zero-order chi connectivity index (χ0) is 12.9. The second-order valence-corrected chi connectivity index (χ2v) is 7.00. The molecule has 0 amide bonds. The summed E-state index contributed by atoms with van der Waals surface area (Å²) >= 11 is 0. The molecule has 5 heteroatoms. The Kier molecular flexibility index (Phi) is 5.41. The predicted octanol–water partition coefficient (Wildman–Crippen LogP) is 2.03. The van der Waals surface area contributed by atoms with Crippen molar-refractivity contribution in [1.29, 1.82) is 5.26 Å². The van der Waals surface area contributed by atoms with Crippen LogP contribution in [-0.4, -0.2) is 20.2 Å². The predicted molar refractivity (Wildman–Crippen MR) is 67.7 cm³/mol. The summed E-state index contributed by atoms with van der Waals surface area (Å²) in [5.74, 6) is 1.13. The maximum atomic E-state index is 11.8. The minimum absolute atomic E-state index is 0.340. The number of nitriles is 1. The summed E-state index contributed by atoms with van der Waals surface area (Å²) in [6.07, 6.45) is 4.96. The molecule has 17 heavy (non-hydrogen) atoms. The van der Waals surface area contributed by atoms with E-state index in [0.717, 1.165) is 12.8 Å². The van der Waals surface area contributed by atoms with Crippen molar-refractivity contribution in [2.45, 2.75) is 51.2 Å². The average Bonchev–Trinajstić information content (AvgIpc) is 2.28. The van der Waals surface area contributed by atoms with E-state index in [2.05, 4.69) is 11.6 Å². The van der Waals surface area contributed by atoms with Crippen LogP contribution in [0.15, 0.2) is 0 Å². The highest BCUT2D eigenvalue weighted by atomic mass is 32.2. The van der Waals surface area contributed by atoms with Crippen molar-refractivity contribution in [2.75, 3.05) is 6.54 Å². The summed E-state index contributed by atoms with van der Waals surface area (Å²) in [6.45, 7) is 4.42. The Hall–Kier alpha value is -0.600. The monoisotopic (exact) mass is 258 g/mol. The smallest absolute Gasteiger partial charge is 0.214 e. The van der Waals surface area contributed by atoms with Crippen LogP contribution in [-0.2, 0) is 10.0 Å². The van der Waals surface area contributed by atoms with Gasteiger partial charge in [-0.1, -0.05) is 26.7 Å². The molecule has 0 aliphatic heterocycles. The van der Waals surface area contributed by atoms with Crippen LogP contribution in [0.3, 0.4) is 0 Å². The lowest BCUT2D eigenvalue weighted by molar-refractivity contribution is 0.283. The number of nitrogens with zero attached hydrogens (tertiary/aromatic N) is 1. The largest absolute Gasteiger partial charge is 0.227 e. The molecule has 1 saturated carbocycles. The molecule has 0 heterocycles. The molecule has 4 nitrogen and oxygen atoms in total. The second-order valence-electron chi connectivity index (χ2n) is 5.06. The van der Waals surface area contributed by atoms with Crippen molar-refractivity contribution in [3.63, 3.8) is 0 Å². The number of hydrogen-bond acceptors (Lipinski definition) is 3. The number of hydrogen-bond donors (Lipinski definition) is 1. The van der Waals surface area contributed by atoms with Crippen LogP contribution in [0.25, 0.3) is 0 Å². The van der Waals surface area contributed by atoms with Gasteiger partial charge in [0.1, 0.15) is 0 Å². The minimum Gasteiger partial charge on any atom is -0.214 e. The molecule has 3 unspecified atom stereocenters. The molecule has 0 saturated heterocycles. The molecule has 0 aromatic heterocycles. The highest BCUT2D eigenvalue weighted by molar-refractivity contribution is 7.90. The van der Waals surface area contributed by atoms with E-state index >= 15 is 0 Å². The van der Waals surface area contributed by atoms with E-state index < -0.39 is 15.3 Å². The Morgan fingerprint density at radius 2 is 2.18 bits per heavy atom. The molecule has 0 aromatic rings. The van der Waals surface area contributed by atoms with Crippen LogP contribution in [0.5, 0.6) is 0 Å². The normalized spacial score (nSPS) is 27.4. The van der Waals surface area contributed by atoms with Gasteiger partial charge in [-0.25, -0.2) is 13.1 Å². The molecule has 3 atom stereocenters. The lowest BCUT2D eigenvalue weighted by Crippen LogP contribution is -2.37. The first-order valence-electron chi connectivity index (χ1n) is 6.37. The molecular weight excluding hydrogens is 236 g/mol. The quantitative estimate of drug-likeness (QED) is 0.820. The van der Waals surface area contributed by atoms with E-state index in [-0.39, 0.29) is 0 Å². The molecule has 0 aromatic carbocycles. The Morgan fingerprint density at radius 1 is 1.47 bits per heavy atom. The summed E-state index contributed by atoms with van der Waals surface area (Å²) < 4.78 is 26.2. The Balaban J connectivity index is 2.47. The summed E-state index contributed by atoms with van der Waals surface area (Å²) in [5.41, 5.74) is 0. The molecule has 0 bridgehead atoms. The number of rotatable bonds is 5. The van der Waals surface area contributed by atoms with Crippen molar-refractivity contribution in [3.05, 3.63) is 0 Å². The van der Waals surface area contributed by atoms with Gasteiger partial charge in [0, 0.05) is 6.54 Å². The first-order chi connectivity index (χ1) is 7.99. The molecule has 1 fully saturated rings. The highest BCUT2D eigenvalue weighted by Gasteiger charge is 2.25. The number of nitrogens with one attached hydrogen (secondary N) is 1. The maximum absolute atomic E-state index is 11.8. The zero-order valence-electron chi connectivity index (χ0n) is 10.6. The summed E-state index contributed by atoms with van der Waals surface area (Å²) in [5, 5.41) is 7.86. The molecule has 0 spiro atoms. The fourth-order valence-electron chi connectivity index (χ4n) is 2.46. The van der Waals surface area contributed by atoms with Gasteiger partial charge < -0.3 is 0 Å². The second kappa shape index (κ2) is 6.36. The third-order valence-electron chi connectivity index (χ3n) is 3.51. The Bertz CT molecular complexity index is 372. The van der Waals surface area contributed by atoms with E-state index in [1.54, 1.807) is 6.92 Å². The molecular formula is C12H22N2O2S. The lowest BCUT2D eigenvalue weighted by Gasteiger charge is -2.27. The van der Waals surface area contributed by atoms with E-state index in [1.807, 2.05) is 6.07 Å². The SMILES string of the molecule is CCC(C#N)S(=O)(=O)NCC1CCCC(C)C1. The molecule has 1 aliphatic rings. The van der Waals surface area contributed by atoms with Crippen LogP contribution >= 0.6 is 0 Å². The van der Waals surface area contributed by atoms with Crippen molar-refractivity contribution in [3.8, 4) is 6.07 Å². The third kappa shape index (κ3) is 4.29. The van der Waals surface area contributed by atoms with Gasteiger partial charge >= 0.3 is 0 Å². The zero-order valence-corrected chi connectivity index (χ0v) is 11.5. The van der Waals surface area contributed by atoms with Crippen LogP contribution in [0.2, 0.25) is 0 Å². The summed E-state index contributed by atoms with van der Waals surface area (Å²) in [7, 11) is -3.45. The Labute approximate surface area is 104 Å². The van der Waals surface area contributed by atoms with Crippen LogP contribution in [0, 0.1) is 23.2 Å². The van der Waals surface area contributed by atoms with Crippen molar-refractivity contribution in [2.24, 2.45) is 11.8 Å². The lowest BCUT2D eigenvalue weighted by atomic mass is 9.83. The molecule has 98 valence electrons. The molecule has 1 aliphatic carbocycles. The minimum atomic E-state index is -3.45. The first-order valence-corrected chi connectivity index (χ1v) is 7.92. The Morgan fingerprint density at radius 3 is 2.71 bits per heavy atom. The number of sulfonamides is 1. The molecule has 0 radical (unpaired) electrons. The highest BCUT2D eigenvalue weighted by Crippen LogP contribution is 2.28. The van der Waals surface area contributed by atoms with Crippen molar-refractivity contribution in [1.82, 2.24) is 4.72 Å². The van der Waals surface area contributed by atoms with Gasteiger partial charge in [0.05, 0.1) is 6.07 Å². The van der Waals surface area contributed by atoms with Gasteiger partial charge in [-0.2, -0.15) is 5.26 Å². The van der Waals surface area contributed by atoms with Gasteiger partial charge in [0.15, 0.2) is 5.25 Å². The van der Waals surface area contributed by atoms with Crippen LogP contribution in [0.1, 0.15) is 46.0 Å². The van der Waals surface area contributed by atoms with E-state index in [1.165, 1.54) is 12.8 Å². The van der Waals surface area contributed by atoms with Crippen molar-refractivity contribution >= 4 is 10.0 Å². The fraction of sp³-hybridized carbons (Fsp3) is 0.917. The van der Waals surface area contributed by atoms with Gasteiger partial charge in [-0.15, -0.1) is 0 Å². The average molecular weight is 258 g/mol. The van der Waals surface area contributed by atoms with Crippen molar-refractivity contribution < 1.29 is 8.42 Å². The maximum Gasteiger partial charge on any atom is 0.227 e. The van der Waals surface area contributed by atoms with Gasteiger partial charge in [0.25, 0.3) is 0 Å². The van der Waals surface area contributed by atoms with E-state index in [0.29, 0.717) is 24.8 Å². The topological polar surface area (TPSA) is 70.0 Å². The molecule has 1 N–H and O–H groups in total. The molecule has 1 rings (SSSR count). The third-order valence-corrected chi connectivity index (χ3v) is 5.26. The standard InChI is InChI=1S/C12H22N2O2S/c1-3-12(8-13)17(15,16)14-9-11-6-4-5-10(2)7-11/h10-12,14H,3-7,9H2,1-2H3. The van der Waals surface area contributed by atoms with Gasteiger partial charge in [-0.3, -0.25) is 0 Å². The first kappa shape index (κ1) is 14.5. The van der Waals surface area contributed by atoms with Gasteiger partial charge in [0.2, 0.25) is 10.0 Å². The summed E-state index contributed by atoms with van der Waals surface area (Å²) in [4.78, 5) is 0. The van der Waals surface area contributed by atoms with Gasteiger partial charge in [-0.05, 0) is 31.1 Å². The van der Waals surface area contributed by atoms with Crippen LogP contribution < -0.4 is 4.72 Å². The summed E-state index contributed by atoms with van der Waals surface area (Å²) in [6, 6.07) is 1.84. The van der Waals surface area contributed by atoms with E-state index in [4.69, 9.17) is 5.26 Å². The van der Waals surface area contributed by atoms with E-state index in [9.17, 15) is 8.42 Å².